The second-order valence-corrected chi connectivity index (χ2v) is 5.82. The molecule has 0 atom stereocenters. The molecule has 0 unspecified atom stereocenters. The highest BCUT2D eigenvalue weighted by atomic mass is 35.5. The summed E-state index contributed by atoms with van der Waals surface area (Å²) in [7, 11) is 0. The fourth-order valence-corrected chi connectivity index (χ4v) is 2.34. The van der Waals surface area contributed by atoms with Gasteiger partial charge in [-0.15, -0.1) is 0 Å². The maximum absolute atomic E-state index is 5.82. The molecule has 16 heavy (non-hydrogen) atoms. The van der Waals surface area contributed by atoms with Gasteiger partial charge in [0.05, 0.1) is 0 Å². The van der Waals surface area contributed by atoms with E-state index in [-0.39, 0.29) is 0 Å². The predicted molar refractivity (Wildman–Crippen MR) is 71.9 cm³/mol. The Kier molecular flexibility index (Phi) is 6.40. The van der Waals surface area contributed by atoms with Crippen molar-refractivity contribution in [1.82, 2.24) is 10.2 Å². The van der Waals surface area contributed by atoms with Gasteiger partial charge >= 0.3 is 0 Å². The first-order chi connectivity index (χ1) is 7.58. The topological polar surface area (TPSA) is 15.3 Å². The molecule has 94 valence electrons. The van der Waals surface area contributed by atoms with Gasteiger partial charge in [-0.25, -0.2) is 0 Å². The first-order valence-corrected chi connectivity index (χ1v) is 6.72. The Morgan fingerprint density at radius 3 is 2.56 bits per heavy atom. The first kappa shape index (κ1) is 14.0. The van der Waals surface area contributed by atoms with Crippen LogP contribution in [0.15, 0.2) is 11.6 Å². The Bertz CT molecular complexity index is 208. The fraction of sp³-hybridized carbons (Fsp3) is 0.846. The van der Waals surface area contributed by atoms with Gasteiger partial charge in [0.25, 0.3) is 0 Å². The van der Waals surface area contributed by atoms with Gasteiger partial charge in [-0.1, -0.05) is 32.0 Å². The summed E-state index contributed by atoms with van der Waals surface area (Å²) in [5.74, 6) is 1.60. The minimum absolute atomic E-state index is 0.750. The van der Waals surface area contributed by atoms with Crippen LogP contribution in [0, 0.1) is 11.8 Å². The van der Waals surface area contributed by atoms with Gasteiger partial charge in [0.1, 0.15) is 0 Å². The predicted octanol–water partition coefficient (Wildman–Crippen LogP) is 2.70. The number of hydrogen-bond acceptors (Lipinski definition) is 2. The lowest BCUT2D eigenvalue weighted by Gasteiger charge is -2.31. The van der Waals surface area contributed by atoms with Crippen LogP contribution in [0.25, 0.3) is 0 Å². The van der Waals surface area contributed by atoms with Gasteiger partial charge in [0.15, 0.2) is 0 Å². The number of nitrogens with zero attached hydrogens (tertiary/aromatic N) is 1. The van der Waals surface area contributed by atoms with Crippen molar-refractivity contribution in [2.24, 2.45) is 11.8 Å². The average Bonchev–Trinajstić information content (AvgIpc) is 2.19. The fourth-order valence-electron chi connectivity index (χ4n) is 2.17. The van der Waals surface area contributed by atoms with E-state index in [1.807, 2.05) is 0 Å². The Morgan fingerprint density at radius 1 is 1.44 bits per heavy atom. The van der Waals surface area contributed by atoms with Crippen LogP contribution in [-0.4, -0.2) is 37.6 Å². The largest absolute Gasteiger partial charge is 0.316 e. The molecular formula is C13H25ClN2. The summed E-state index contributed by atoms with van der Waals surface area (Å²) in [6.45, 7) is 13.8. The van der Waals surface area contributed by atoms with E-state index >= 15 is 0 Å². The second kappa shape index (κ2) is 7.31. The summed E-state index contributed by atoms with van der Waals surface area (Å²) in [5, 5.41) is 4.31. The summed E-state index contributed by atoms with van der Waals surface area (Å²) in [4.78, 5) is 2.40. The molecule has 1 aliphatic rings. The van der Waals surface area contributed by atoms with Crippen LogP contribution in [0.5, 0.6) is 0 Å². The molecule has 1 fully saturated rings. The van der Waals surface area contributed by atoms with Crippen molar-refractivity contribution in [1.29, 1.82) is 0 Å². The standard InChI is InChI=1S/C13H25ClN2/c1-11(2)8-15-9-13-4-6-16(7-5-13)10-12(3)14/h11,13,15H,3-10H2,1-2H3. The van der Waals surface area contributed by atoms with Crippen LogP contribution < -0.4 is 5.32 Å². The van der Waals surface area contributed by atoms with Gasteiger partial charge in [0, 0.05) is 11.6 Å². The monoisotopic (exact) mass is 244 g/mol. The molecule has 0 spiro atoms. The van der Waals surface area contributed by atoms with E-state index in [9.17, 15) is 0 Å². The van der Waals surface area contributed by atoms with Crippen molar-refractivity contribution < 1.29 is 0 Å². The molecule has 1 aliphatic heterocycles. The van der Waals surface area contributed by atoms with Crippen LogP contribution >= 0.6 is 11.6 Å². The highest BCUT2D eigenvalue weighted by molar-refractivity contribution is 6.29. The maximum atomic E-state index is 5.82. The van der Waals surface area contributed by atoms with Gasteiger partial charge in [-0.3, -0.25) is 4.90 Å². The molecular weight excluding hydrogens is 220 g/mol. The molecule has 2 nitrogen and oxygen atoms in total. The molecule has 3 heteroatoms. The van der Waals surface area contributed by atoms with Crippen molar-refractivity contribution in [3.8, 4) is 0 Å². The lowest BCUT2D eigenvalue weighted by molar-refractivity contribution is 0.196. The van der Waals surface area contributed by atoms with Crippen molar-refractivity contribution in [2.45, 2.75) is 26.7 Å². The minimum atomic E-state index is 0.750. The molecule has 1 rings (SSSR count). The van der Waals surface area contributed by atoms with Crippen LogP contribution in [0.4, 0.5) is 0 Å². The average molecular weight is 245 g/mol. The highest BCUT2D eigenvalue weighted by Crippen LogP contribution is 2.17. The summed E-state index contributed by atoms with van der Waals surface area (Å²) >= 11 is 5.82. The number of piperidine rings is 1. The van der Waals surface area contributed by atoms with E-state index in [1.54, 1.807) is 0 Å². The lowest BCUT2D eigenvalue weighted by Crippen LogP contribution is -2.38. The third kappa shape index (κ3) is 5.88. The molecule has 0 saturated carbocycles. The smallest absolute Gasteiger partial charge is 0.0335 e. The van der Waals surface area contributed by atoms with E-state index in [2.05, 4.69) is 30.6 Å². The van der Waals surface area contributed by atoms with Gasteiger partial charge < -0.3 is 5.32 Å². The van der Waals surface area contributed by atoms with E-state index in [4.69, 9.17) is 11.6 Å². The zero-order chi connectivity index (χ0) is 12.0. The first-order valence-electron chi connectivity index (χ1n) is 6.34. The van der Waals surface area contributed by atoms with E-state index in [1.165, 1.54) is 32.5 Å². The van der Waals surface area contributed by atoms with Crippen LogP contribution in [-0.2, 0) is 0 Å². The Balaban J connectivity index is 2.10. The molecule has 1 saturated heterocycles. The number of halogens is 1. The molecule has 0 aromatic rings. The SMILES string of the molecule is C=C(Cl)CN1CCC(CNCC(C)C)CC1. The molecule has 0 radical (unpaired) electrons. The van der Waals surface area contributed by atoms with Crippen molar-refractivity contribution >= 4 is 11.6 Å². The number of nitrogens with one attached hydrogen (secondary N) is 1. The quantitative estimate of drug-likeness (QED) is 0.773. The third-order valence-electron chi connectivity index (χ3n) is 3.09. The maximum Gasteiger partial charge on any atom is 0.0335 e. The van der Waals surface area contributed by atoms with E-state index < -0.39 is 0 Å². The number of rotatable bonds is 6. The van der Waals surface area contributed by atoms with Crippen LogP contribution in [0.3, 0.4) is 0 Å². The highest BCUT2D eigenvalue weighted by Gasteiger charge is 2.18. The zero-order valence-corrected chi connectivity index (χ0v) is 11.4. The molecule has 0 aromatic carbocycles. The van der Waals surface area contributed by atoms with Gasteiger partial charge in [-0.2, -0.15) is 0 Å². The number of likely N-dealkylation sites (tertiary alicyclic amines) is 1. The summed E-state index contributed by atoms with van der Waals surface area (Å²) in [6.07, 6.45) is 2.57. The summed E-state index contributed by atoms with van der Waals surface area (Å²) < 4.78 is 0. The molecule has 0 aliphatic carbocycles. The summed E-state index contributed by atoms with van der Waals surface area (Å²) in [6, 6.07) is 0. The minimum Gasteiger partial charge on any atom is -0.316 e. The second-order valence-electron chi connectivity index (χ2n) is 5.29. The van der Waals surface area contributed by atoms with Crippen LogP contribution in [0.1, 0.15) is 26.7 Å². The lowest BCUT2D eigenvalue weighted by atomic mass is 9.96. The van der Waals surface area contributed by atoms with Crippen molar-refractivity contribution in [3.05, 3.63) is 11.6 Å². The molecule has 0 aromatic heterocycles. The molecule has 0 bridgehead atoms. The summed E-state index contributed by atoms with van der Waals surface area (Å²) in [5.41, 5.74) is 0. The van der Waals surface area contributed by atoms with E-state index in [0.29, 0.717) is 0 Å². The van der Waals surface area contributed by atoms with Crippen molar-refractivity contribution in [2.75, 3.05) is 32.7 Å². The third-order valence-corrected chi connectivity index (χ3v) is 3.21. The molecule has 1 N–H and O–H groups in total. The van der Waals surface area contributed by atoms with Crippen molar-refractivity contribution in [3.63, 3.8) is 0 Å². The normalized spacial score (nSPS) is 19.2. The van der Waals surface area contributed by atoms with Crippen LogP contribution in [0.2, 0.25) is 0 Å². The van der Waals surface area contributed by atoms with E-state index in [0.717, 1.165) is 30.0 Å². The Morgan fingerprint density at radius 2 is 2.06 bits per heavy atom. The Hall–Kier alpha value is -0.0500. The molecule has 1 heterocycles. The van der Waals surface area contributed by atoms with Gasteiger partial charge in [0.2, 0.25) is 0 Å². The number of hydrogen-bond donors (Lipinski definition) is 1. The Labute approximate surface area is 105 Å². The van der Waals surface area contributed by atoms with Gasteiger partial charge in [-0.05, 0) is 50.9 Å². The molecule has 0 amide bonds. The zero-order valence-electron chi connectivity index (χ0n) is 10.6.